The summed E-state index contributed by atoms with van der Waals surface area (Å²) in [5.41, 5.74) is 0.338. The van der Waals surface area contributed by atoms with Crippen molar-refractivity contribution in [2.45, 2.75) is 45.6 Å². The summed E-state index contributed by atoms with van der Waals surface area (Å²) in [4.78, 5) is 15.7. The minimum Gasteiger partial charge on any atom is -0.349 e. The first-order valence-corrected chi connectivity index (χ1v) is 6.87. The van der Waals surface area contributed by atoms with Crippen molar-refractivity contribution in [1.82, 2.24) is 10.3 Å². The lowest BCUT2D eigenvalue weighted by Gasteiger charge is -2.35. The van der Waals surface area contributed by atoms with Crippen LogP contribution in [0.1, 0.15) is 49.9 Å². The van der Waals surface area contributed by atoms with Gasteiger partial charge in [-0.3, -0.25) is 4.79 Å². The Morgan fingerprint density at radius 1 is 1.58 bits per heavy atom. The van der Waals surface area contributed by atoms with Crippen LogP contribution in [0.15, 0.2) is 12.3 Å². The Bertz CT molecular complexity index is 490. The number of carbonyl (C=O) groups excluding carboxylic acids is 1. The van der Waals surface area contributed by atoms with E-state index in [0.29, 0.717) is 0 Å². The van der Waals surface area contributed by atoms with Gasteiger partial charge in [-0.05, 0) is 30.7 Å². The van der Waals surface area contributed by atoms with Gasteiger partial charge < -0.3 is 5.32 Å². The third kappa shape index (κ3) is 3.66. The molecule has 0 saturated heterocycles. The molecule has 19 heavy (non-hydrogen) atoms. The number of pyridine rings is 1. The van der Waals surface area contributed by atoms with Gasteiger partial charge in [-0.2, -0.15) is 0 Å². The van der Waals surface area contributed by atoms with Crippen LogP contribution in [0.25, 0.3) is 0 Å². The Morgan fingerprint density at radius 2 is 2.32 bits per heavy atom. The molecular weight excluding hydrogens is 267 g/mol. The predicted molar refractivity (Wildman–Crippen MR) is 72.7 cm³/mol. The number of aromatic nitrogens is 1. The number of rotatable bonds is 2. The number of halogens is 2. The molecule has 1 aliphatic carbocycles. The second-order valence-corrected chi connectivity index (χ2v) is 6.28. The highest BCUT2D eigenvalue weighted by Crippen LogP contribution is 2.35. The van der Waals surface area contributed by atoms with Crippen molar-refractivity contribution in [3.05, 3.63) is 28.8 Å². The molecule has 1 amide bonds. The molecule has 2 rings (SSSR count). The molecule has 0 radical (unpaired) electrons. The summed E-state index contributed by atoms with van der Waals surface area (Å²) in [5.74, 6) is -0.904. The molecule has 0 bridgehead atoms. The van der Waals surface area contributed by atoms with Gasteiger partial charge in [0.1, 0.15) is 11.0 Å². The molecule has 0 aromatic carbocycles. The number of amides is 1. The molecule has 0 spiro atoms. The Labute approximate surface area is 117 Å². The van der Waals surface area contributed by atoms with Gasteiger partial charge in [-0.1, -0.05) is 31.9 Å². The van der Waals surface area contributed by atoms with E-state index < -0.39 is 5.82 Å². The lowest BCUT2D eigenvalue weighted by Crippen LogP contribution is -2.40. The quantitative estimate of drug-likeness (QED) is 0.844. The van der Waals surface area contributed by atoms with Crippen molar-refractivity contribution in [2.75, 3.05) is 0 Å². The topological polar surface area (TPSA) is 42.0 Å². The molecular formula is C14H18ClFN2O. The molecule has 1 aromatic rings. The molecule has 1 aromatic heterocycles. The average molecular weight is 285 g/mol. The van der Waals surface area contributed by atoms with Crippen LogP contribution in [-0.2, 0) is 0 Å². The van der Waals surface area contributed by atoms with Gasteiger partial charge in [0.25, 0.3) is 5.91 Å². The van der Waals surface area contributed by atoms with Crippen LogP contribution in [0, 0.1) is 11.2 Å². The van der Waals surface area contributed by atoms with Crippen LogP contribution in [-0.4, -0.2) is 16.9 Å². The monoisotopic (exact) mass is 284 g/mol. The van der Waals surface area contributed by atoms with Crippen molar-refractivity contribution in [3.8, 4) is 0 Å². The third-order valence-corrected chi connectivity index (χ3v) is 3.89. The average Bonchev–Trinajstić information content (AvgIpc) is 2.31. The minimum atomic E-state index is -0.557. The van der Waals surface area contributed by atoms with Gasteiger partial charge in [-0.25, -0.2) is 9.37 Å². The summed E-state index contributed by atoms with van der Waals surface area (Å²) >= 11 is 5.83. The second-order valence-electron chi connectivity index (χ2n) is 5.92. The molecule has 1 aliphatic rings. The Kier molecular flexibility index (Phi) is 4.09. The van der Waals surface area contributed by atoms with E-state index in [2.05, 4.69) is 24.1 Å². The molecule has 1 heterocycles. The van der Waals surface area contributed by atoms with E-state index in [4.69, 9.17) is 11.6 Å². The van der Waals surface area contributed by atoms with E-state index in [1.54, 1.807) is 0 Å². The zero-order chi connectivity index (χ0) is 14.0. The van der Waals surface area contributed by atoms with Gasteiger partial charge >= 0.3 is 0 Å². The smallest absolute Gasteiger partial charge is 0.254 e. The number of hydrogen-bond acceptors (Lipinski definition) is 2. The summed E-state index contributed by atoms with van der Waals surface area (Å²) in [6, 6.07) is 1.24. The minimum absolute atomic E-state index is 0.0361. The maximum atomic E-state index is 13.1. The first-order valence-electron chi connectivity index (χ1n) is 6.49. The third-order valence-electron chi connectivity index (χ3n) is 3.59. The molecule has 1 unspecified atom stereocenters. The largest absolute Gasteiger partial charge is 0.349 e. The van der Waals surface area contributed by atoms with Crippen molar-refractivity contribution in [1.29, 1.82) is 0 Å². The first kappa shape index (κ1) is 14.3. The SMILES string of the molecule is CC1(C)CCCC(NC(=O)c2cc(F)cnc2Cl)C1. The van der Waals surface area contributed by atoms with Crippen molar-refractivity contribution in [3.63, 3.8) is 0 Å². The van der Waals surface area contributed by atoms with Crippen LogP contribution >= 0.6 is 11.6 Å². The molecule has 1 N–H and O–H groups in total. The fourth-order valence-electron chi connectivity index (χ4n) is 2.67. The fraction of sp³-hybridized carbons (Fsp3) is 0.571. The maximum Gasteiger partial charge on any atom is 0.254 e. The number of nitrogens with zero attached hydrogens (tertiary/aromatic N) is 1. The predicted octanol–water partition coefficient (Wildman–Crippen LogP) is 3.57. The van der Waals surface area contributed by atoms with E-state index in [-0.39, 0.29) is 28.1 Å². The number of carbonyl (C=O) groups is 1. The van der Waals surface area contributed by atoms with Crippen LogP contribution in [0.3, 0.4) is 0 Å². The zero-order valence-corrected chi connectivity index (χ0v) is 11.9. The number of nitrogens with one attached hydrogen (secondary N) is 1. The van der Waals surface area contributed by atoms with Crippen LogP contribution < -0.4 is 5.32 Å². The highest BCUT2D eigenvalue weighted by atomic mass is 35.5. The van der Waals surface area contributed by atoms with Crippen molar-refractivity contribution in [2.24, 2.45) is 5.41 Å². The molecule has 5 heteroatoms. The maximum absolute atomic E-state index is 13.1. The van der Waals surface area contributed by atoms with Crippen LogP contribution in [0.2, 0.25) is 5.15 Å². The normalized spacial score (nSPS) is 22.0. The first-order chi connectivity index (χ1) is 8.87. The van der Waals surface area contributed by atoms with E-state index in [0.717, 1.165) is 31.5 Å². The van der Waals surface area contributed by atoms with Gasteiger partial charge in [0, 0.05) is 6.04 Å². The van der Waals surface area contributed by atoms with Crippen LogP contribution in [0.4, 0.5) is 4.39 Å². The molecule has 1 saturated carbocycles. The summed E-state index contributed by atoms with van der Waals surface area (Å²) in [6.45, 7) is 4.39. The van der Waals surface area contributed by atoms with Crippen molar-refractivity contribution < 1.29 is 9.18 Å². The van der Waals surface area contributed by atoms with Gasteiger partial charge in [-0.15, -0.1) is 0 Å². The molecule has 1 atom stereocenters. The summed E-state index contributed by atoms with van der Waals surface area (Å²) in [7, 11) is 0. The highest BCUT2D eigenvalue weighted by Gasteiger charge is 2.29. The van der Waals surface area contributed by atoms with E-state index >= 15 is 0 Å². The lowest BCUT2D eigenvalue weighted by atomic mass is 9.75. The van der Waals surface area contributed by atoms with Gasteiger partial charge in [0.05, 0.1) is 11.8 Å². The Morgan fingerprint density at radius 3 is 3.00 bits per heavy atom. The number of hydrogen-bond donors (Lipinski definition) is 1. The molecule has 0 aliphatic heterocycles. The summed E-state index contributed by atoms with van der Waals surface area (Å²) in [5, 5.41) is 2.96. The fourth-order valence-corrected chi connectivity index (χ4v) is 2.86. The van der Waals surface area contributed by atoms with Crippen molar-refractivity contribution >= 4 is 17.5 Å². The van der Waals surface area contributed by atoms with E-state index in [1.807, 2.05) is 0 Å². The molecule has 1 fully saturated rings. The van der Waals surface area contributed by atoms with Crippen LogP contribution in [0.5, 0.6) is 0 Å². The van der Waals surface area contributed by atoms with E-state index in [9.17, 15) is 9.18 Å². The van der Waals surface area contributed by atoms with Gasteiger partial charge in [0.2, 0.25) is 0 Å². The zero-order valence-electron chi connectivity index (χ0n) is 11.2. The van der Waals surface area contributed by atoms with E-state index in [1.165, 1.54) is 6.42 Å². The lowest BCUT2D eigenvalue weighted by molar-refractivity contribution is 0.0902. The molecule has 104 valence electrons. The standard InChI is InChI=1S/C14H18ClFN2O/c1-14(2)5-3-4-10(7-14)18-13(19)11-6-9(16)8-17-12(11)15/h6,8,10H,3-5,7H2,1-2H3,(H,18,19). The Hall–Kier alpha value is -1.16. The highest BCUT2D eigenvalue weighted by molar-refractivity contribution is 6.32. The molecule has 3 nitrogen and oxygen atoms in total. The van der Waals surface area contributed by atoms with Gasteiger partial charge in [0.15, 0.2) is 0 Å². The Balaban J connectivity index is 2.06. The second kappa shape index (κ2) is 5.45. The summed E-state index contributed by atoms with van der Waals surface area (Å²) < 4.78 is 13.1. The summed E-state index contributed by atoms with van der Waals surface area (Å²) in [6.07, 6.45) is 5.15.